The van der Waals surface area contributed by atoms with E-state index in [9.17, 15) is 4.79 Å². The molecule has 0 unspecified atom stereocenters. The van der Waals surface area contributed by atoms with E-state index >= 15 is 0 Å². The molecule has 0 saturated carbocycles. The summed E-state index contributed by atoms with van der Waals surface area (Å²) in [6, 6.07) is 0.307. The molecule has 0 aromatic heterocycles. The Morgan fingerprint density at radius 2 is 1.45 bits per heavy atom. The van der Waals surface area contributed by atoms with Crippen LogP contribution in [0, 0.1) is 11.3 Å². The summed E-state index contributed by atoms with van der Waals surface area (Å²) in [6.45, 7) is 17.2. The van der Waals surface area contributed by atoms with Crippen LogP contribution in [0.25, 0.3) is 0 Å². The monoisotopic (exact) mass is 283 g/mol. The Balaban J connectivity index is 5.18. The molecular weight excluding hydrogens is 246 g/mol. The SMILES string of the molecule is CCC[C@H](NC(C)(C)CC)[C@H](CCC)C(=O)C(C)(C)C. The summed E-state index contributed by atoms with van der Waals surface area (Å²) in [5.41, 5.74) is -0.145. The number of carbonyl (C=O) groups is 1. The minimum Gasteiger partial charge on any atom is -0.308 e. The smallest absolute Gasteiger partial charge is 0.142 e. The zero-order chi connectivity index (χ0) is 16.0. The summed E-state index contributed by atoms with van der Waals surface area (Å²) in [5, 5.41) is 3.76. The fourth-order valence-electron chi connectivity index (χ4n) is 2.67. The Kier molecular flexibility index (Phi) is 8.01. The third kappa shape index (κ3) is 6.39. The minimum absolute atomic E-state index is 0.101. The summed E-state index contributed by atoms with van der Waals surface area (Å²) < 4.78 is 0. The summed E-state index contributed by atoms with van der Waals surface area (Å²) in [6.07, 6.45) is 5.34. The average molecular weight is 284 g/mol. The number of carbonyl (C=O) groups excluding carboxylic acids is 1. The van der Waals surface area contributed by atoms with E-state index in [-0.39, 0.29) is 16.9 Å². The molecule has 0 radical (unpaired) electrons. The second kappa shape index (κ2) is 8.17. The summed E-state index contributed by atoms with van der Waals surface area (Å²) in [7, 11) is 0. The van der Waals surface area contributed by atoms with E-state index < -0.39 is 0 Å². The van der Waals surface area contributed by atoms with Gasteiger partial charge in [0.2, 0.25) is 0 Å². The molecule has 0 heterocycles. The summed E-state index contributed by atoms with van der Waals surface area (Å²) in [5.74, 6) is 0.558. The molecule has 0 aromatic carbocycles. The fourth-order valence-corrected chi connectivity index (χ4v) is 2.67. The van der Waals surface area contributed by atoms with Crippen LogP contribution in [0.15, 0.2) is 0 Å². The Labute approximate surface area is 127 Å². The van der Waals surface area contributed by atoms with Gasteiger partial charge in [0.1, 0.15) is 5.78 Å². The second-order valence-corrected chi connectivity index (χ2v) is 7.79. The van der Waals surface area contributed by atoms with Crippen molar-refractivity contribution < 1.29 is 4.79 Å². The first-order chi connectivity index (χ1) is 9.09. The van der Waals surface area contributed by atoms with Gasteiger partial charge in [-0.1, -0.05) is 54.4 Å². The first kappa shape index (κ1) is 19.6. The third-order valence-electron chi connectivity index (χ3n) is 4.22. The number of rotatable bonds is 9. The molecule has 0 saturated heterocycles. The zero-order valence-corrected chi connectivity index (χ0v) is 15.1. The van der Waals surface area contributed by atoms with Crippen molar-refractivity contribution in [2.75, 3.05) is 0 Å². The molecule has 0 aliphatic rings. The fraction of sp³-hybridized carbons (Fsp3) is 0.944. The predicted molar refractivity (Wildman–Crippen MR) is 89.1 cm³/mol. The molecule has 2 atom stereocenters. The van der Waals surface area contributed by atoms with Gasteiger partial charge in [0.25, 0.3) is 0 Å². The Bertz CT molecular complexity index is 288. The lowest BCUT2D eigenvalue weighted by molar-refractivity contribution is -0.132. The van der Waals surface area contributed by atoms with Crippen molar-refractivity contribution in [2.24, 2.45) is 11.3 Å². The lowest BCUT2D eigenvalue weighted by Gasteiger charge is -2.37. The number of Topliss-reactive ketones (excluding diaryl/α,β-unsaturated/α-hetero) is 1. The van der Waals surface area contributed by atoms with Crippen molar-refractivity contribution in [2.45, 2.75) is 99.1 Å². The number of hydrogen-bond acceptors (Lipinski definition) is 2. The molecule has 2 nitrogen and oxygen atoms in total. The molecule has 20 heavy (non-hydrogen) atoms. The number of ketones is 1. The van der Waals surface area contributed by atoms with Crippen molar-refractivity contribution in [3.05, 3.63) is 0 Å². The van der Waals surface area contributed by atoms with Crippen LogP contribution in [0.3, 0.4) is 0 Å². The van der Waals surface area contributed by atoms with Crippen LogP contribution in [0.4, 0.5) is 0 Å². The van der Waals surface area contributed by atoms with E-state index in [1.807, 2.05) is 20.8 Å². The summed E-state index contributed by atoms with van der Waals surface area (Å²) in [4.78, 5) is 12.8. The Morgan fingerprint density at radius 3 is 1.80 bits per heavy atom. The predicted octanol–water partition coefficient (Wildman–Crippen LogP) is 4.96. The van der Waals surface area contributed by atoms with Crippen molar-refractivity contribution in [1.82, 2.24) is 5.32 Å². The van der Waals surface area contributed by atoms with Gasteiger partial charge in [0.05, 0.1) is 0 Å². The molecule has 0 rings (SSSR count). The van der Waals surface area contributed by atoms with Crippen LogP contribution in [0.5, 0.6) is 0 Å². The van der Waals surface area contributed by atoms with Crippen molar-refractivity contribution in [1.29, 1.82) is 0 Å². The van der Waals surface area contributed by atoms with Crippen LogP contribution in [-0.4, -0.2) is 17.4 Å². The van der Waals surface area contributed by atoms with Gasteiger partial charge in [-0.05, 0) is 33.1 Å². The van der Waals surface area contributed by atoms with Gasteiger partial charge in [0, 0.05) is 22.9 Å². The maximum absolute atomic E-state index is 12.8. The summed E-state index contributed by atoms with van der Waals surface area (Å²) >= 11 is 0. The topological polar surface area (TPSA) is 29.1 Å². The van der Waals surface area contributed by atoms with E-state index in [0.717, 1.165) is 32.1 Å². The standard InChI is InChI=1S/C18H37NO/c1-9-12-14(16(20)17(4,5)6)15(13-10-2)19-18(7,8)11-3/h14-15,19H,9-13H2,1-8H3/t14-,15-/m0/s1. The van der Waals surface area contributed by atoms with Gasteiger partial charge in [-0.15, -0.1) is 0 Å². The molecule has 120 valence electrons. The maximum Gasteiger partial charge on any atom is 0.142 e. The minimum atomic E-state index is -0.246. The second-order valence-electron chi connectivity index (χ2n) is 7.79. The highest BCUT2D eigenvalue weighted by Crippen LogP contribution is 2.28. The van der Waals surface area contributed by atoms with Gasteiger partial charge in [-0.25, -0.2) is 0 Å². The largest absolute Gasteiger partial charge is 0.308 e. The molecular formula is C18H37NO. The highest BCUT2D eigenvalue weighted by atomic mass is 16.1. The highest BCUT2D eigenvalue weighted by molar-refractivity contribution is 5.86. The Morgan fingerprint density at radius 1 is 0.950 bits per heavy atom. The molecule has 0 aliphatic carbocycles. The van der Waals surface area contributed by atoms with Crippen LogP contribution >= 0.6 is 0 Å². The molecule has 0 spiro atoms. The van der Waals surface area contributed by atoms with Crippen LogP contribution in [-0.2, 0) is 4.79 Å². The first-order valence-electron chi connectivity index (χ1n) is 8.41. The average Bonchev–Trinajstić information content (AvgIpc) is 2.33. The van der Waals surface area contributed by atoms with Gasteiger partial charge in [0.15, 0.2) is 0 Å². The van der Waals surface area contributed by atoms with Gasteiger partial charge < -0.3 is 5.32 Å². The lowest BCUT2D eigenvalue weighted by Crippen LogP contribution is -2.51. The van der Waals surface area contributed by atoms with Crippen molar-refractivity contribution >= 4 is 5.78 Å². The molecule has 0 aliphatic heterocycles. The van der Waals surface area contributed by atoms with Gasteiger partial charge in [-0.3, -0.25) is 4.79 Å². The third-order valence-corrected chi connectivity index (χ3v) is 4.22. The lowest BCUT2D eigenvalue weighted by atomic mass is 9.76. The van der Waals surface area contributed by atoms with E-state index in [4.69, 9.17) is 0 Å². The van der Waals surface area contributed by atoms with E-state index in [1.54, 1.807) is 0 Å². The zero-order valence-electron chi connectivity index (χ0n) is 15.1. The molecule has 0 amide bonds. The molecule has 0 aromatic rings. The van der Waals surface area contributed by atoms with Gasteiger partial charge in [-0.2, -0.15) is 0 Å². The van der Waals surface area contributed by atoms with Crippen molar-refractivity contribution in [3.63, 3.8) is 0 Å². The number of nitrogens with one attached hydrogen (secondary N) is 1. The van der Waals surface area contributed by atoms with Crippen LogP contribution in [0.2, 0.25) is 0 Å². The van der Waals surface area contributed by atoms with E-state index in [1.165, 1.54) is 0 Å². The molecule has 2 heteroatoms. The van der Waals surface area contributed by atoms with Crippen LogP contribution in [0.1, 0.15) is 87.5 Å². The highest BCUT2D eigenvalue weighted by Gasteiger charge is 2.35. The maximum atomic E-state index is 12.8. The normalized spacial score (nSPS) is 16.0. The van der Waals surface area contributed by atoms with Crippen LogP contribution < -0.4 is 5.32 Å². The molecule has 1 N–H and O–H groups in total. The number of hydrogen-bond donors (Lipinski definition) is 1. The quantitative estimate of drug-likeness (QED) is 0.647. The Hall–Kier alpha value is -0.370. The van der Waals surface area contributed by atoms with E-state index in [0.29, 0.717) is 11.8 Å². The molecule has 0 fully saturated rings. The van der Waals surface area contributed by atoms with E-state index in [2.05, 4.69) is 39.9 Å². The first-order valence-corrected chi connectivity index (χ1v) is 8.41. The van der Waals surface area contributed by atoms with Gasteiger partial charge >= 0.3 is 0 Å². The molecule has 0 bridgehead atoms. The van der Waals surface area contributed by atoms with Crippen molar-refractivity contribution in [3.8, 4) is 0 Å².